The summed E-state index contributed by atoms with van der Waals surface area (Å²) >= 11 is 0. The first-order valence-electron chi connectivity index (χ1n) is 3.36. The maximum absolute atomic E-state index is 10.4. The maximum Gasteiger partial charge on any atom is 0.165 e. The van der Waals surface area contributed by atoms with Gasteiger partial charge in [-0.15, -0.1) is 6.07 Å². The molecule has 3 heteroatoms. The van der Waals surface area contributed by atoms with Crippen molar-refractivity contribution in [1.82, 2.24) is 4.98 Å². The molecule has 11 heavy (non-hydrogen) atoms. The summed E-state index contributed by atoms with van der Waals surface area (Å²) in [5.74, 6) is 0. The van der Waals surface area contributed by atoms with Gasteiger partial charge >= 0.3 is 0 Å². The average Bonchev–Trinajstić information content (AvgIpc) is 1.91. The van der Waals surface area contributed by atoms with Gasteiger partial charge in [-0.25, -0.2) is 11.6 Å². The molecule has 0 bridgehead atoms. The molecule has 2 nitrogen and oxygen atoms in total. The second-order valence-electron chi connectivity index (χ2n) is 1.62. The smallest absolute Gasteiger partial charge is 0.165 e. The predicted octanol–water partition coefficient (Wildman–Crippen LogP) is 1.51. The number of aromatic amines is 1. The molecule has 1 aromatic heterocycles. The summed E-state index contributed by atoms with van der Waals surface area (Å²) in [6, 6.07) is 4.32. The summed E-state index contributed by atoms with van der Waals surface area (Å²) in [6.07, 6.45) is 1.51. The molecule has 1 aromatic rings. The molecule has 0 aromatic carbocycles. The van der Waals surface area contributed by atoms with Crippen LogP contribution in [-0.4, -0.2) is 4.98 Å². The molecule has 0 unspecified atom stereocenters. The molecule has 0 saturated heterocycles. The Morgan fingerprint density at radius 3 is 2.27 bits per heavy atom. The largest absolute Gasteiger partial charge is 0.362 e. The van der Waals surface area contributed by atoms with E-state index in [2.05, 4.69) is 11.1 Å². The van der Waals surface area contributed by atoms with E-state index < -0.39 is 0 Å². The van der Waals surface area contributed by atoms with Crippen molar-refractivity contribution in [1.29, 1.82) is 0 Å². The Kier molecular flexibility index (Phi) is 10.1. The number of hydrogen-bond donors (Lipinski definition) is 1. The minimum atomic E-state index is -0.0683. The van der Waals surface area contributed by atoms with E-state index in [1.165, 1.54) is 12.3 Å². The summed E-state index contributed by atoms with van der Waals surface area (Å²) in [4.78, 5) is 12.9. The third kappa shape index (κ3) is 6.45. The SMILES string of the molecule is CC.Cc1[c-]c[nH]c(=O)c1.[Y]. The molecular weight excluding hydrogens is 215 g/mol. The fourth-order valence-electron chi connectivity index (χ4n) is 0.501. The van der Waals surface area contributed by atoms with Crippen molar-refractivity contribution in [3.63, 3.8) is 0 Å². The molecule has 59 valence electrons. The van der Waals surface area contributed by atoms with Crippen LogP contribution in [0.2, 0.25) is 0 Å². The fourth-order valence-corrected chi connectivity index (χ4v) is 0.501. The average molecular weight is 227 g/mol. The van der Waals surface area contributed by atoms with Crippen LogP contribution in [0.1, 0.15) is 19.4 Å². The van der Waals surface area contributed by atoms with Gasteiger partial charge in [-0.1, -0.05) is 27.0 Å². The molecule has 1 N–H and O–H groups in total. The summed E-state index contributed by atoms with van der Waals surface area (Å²) in [5.41, 5.74) is 0.801. The van der Waals surface area contributed by atoms with Crippen LogP contribution in [0, 0.1) is 13.0 Å². The zero-order valence-corrected chi connectivity index (χ0v) is 9.98. The second-order valence-corrected chi connectivity index (χ2v) is 1.62. The minimum Gasteiger partial charge on any atom is -0.362 e. The number of hydrogen-bond acceptors (Lipinski definition) is 1. The zero-order valence-electron chi connectivity index (χ0n) is 7.14. The molecule has 0 aliphatic rings. The minimum absolute atomic E-state index is 0. The number of nitrogens with one attached hydrogen (secondary N) is 1. The Morgan fingerprint density at radius 2 is 2.00 bits per heavy atom. The van der Waals surface area contributed by atoms with Gasteiger partial charge in [0.2, 0.25) is 0 Å². The van der Waals surface area contributed by atoms with Crippen molar-refractivity contribution in [3.8, 4) is 0 Å². The van der Waals surface area contributed by atoms with Crippen molar-refractivity contribution < 1.29 is 32.7 Å². The summed E-state index contributed by atoms with van der Waals surface area (Å²) < 4.78 is 0. The van der Waals surface area contributed by atoms with Crippen molar-refractivity contribution in [2.75, 3.05) is 0 Å². The zero-order chi connectivity index (χ0) is 7.98. The second kappa shape index (κ2) is 8.15. The van der Waals surface area contributed by atoms with Crippen molar-refractivity contribution in [2.45, 2.75) is 20.8 Å². The van der Waals surface area contributed by atoms with Crippen molar-refractivity contribution in [3.05, 3.63) is 34.2 Å². The molecule has 0 aliphatic carbocycles. The first kappa shape index (κ1) is 13.6. The molecule has 1 rings (SSSR count). The van der Waals surface area contributed by atoms with Gasteiger partial charge in [0.25, 0.3) is 0 Å². The van der Waals surface area contributed by atoms with E-state index >= 15 is 0 Å². The molecule has 0 atom stereocenters. The Morgan fingerprint density at radius 1 is 1.45 bits per heavy atom. The predicted molar refractivity (Wildman–Crippen MR) is 42.0 cm³/mol. The molecule has 0 aliphatic heterocycles. The van der Waals surface area contributed by atoms with E-state index in [-0.39, 0.29) is 38.3 Å². The van der Waals surface area contributed by atoms with Gasteiger partial charge in [-0.2, -0.15) is 0 Å². The van der Waals surface area contributed by atoms with Gasteiger partial charge in [0.15, 0.2) is 5.56 Å². The normalized spacial score (nSPS) is 7.18. The van der Waals surface area contributed by atoms with E-state index in [9.17, 15) is 4.79 Å². The van der Waals surface area contributed by atoms with Crippen LogP contribution in [0.4, 0.5) is 0 Å². The third-order valence-corrected chi connectivity index (χ3v) is 0.862. The van der Waals surface area contributed by atoms with Crippen LogP contribution in [-0.2, 0) is 32.7 Å². The molecule has 1 radical (unpaired) electrons. The van der Waals surface area contributed by atoms with Crippen LogP contribution in [0.3, 0.4) is 0 Å². The van der Waals surface area contributed by atoms with Crippen molar-refractivity contribution in [2.24, 2.45) is 0 Å². The number of rotatable bonds is 0. The van der Waals surface area contributed by atoms with Crippen LogP contribution >= 0.6 is 0 Å². The standard InChI is InChI=1S/C6H6NO.C2H6.Y/c1-5-2-3-7-6(8)4-5;1-2;/h3-4H,1H3,(H,7,8);1-2H3;/q-1;;. The summed E-state index contributed by atoms with van der Waals surface area (Å²) in [7, 11) is 0. The van der Waals surface area contributed by atoms with E-state index in [0.717, 1.165) is 5.56 Å². The number of H-pyrrole nitrogens is 1. The first-order valence-corrected chi connectivity index (χ1v) is 3.36. The molecule has 0 saturated carbocycles. The number of pyridine rings is 1. The van der Waals surface area contributed by atoms with Crippen molar-refractivity contribution >= 4 is 0 Å². The Labute approximate surface area is 92.3 Å². The topological polar surface area (TPSA) is 32.9 Å². The van der Waals surface area contributed by atoms with Crippen LogP contribution in [0.5, 0.6) is 0 Å². The Bertz CT molecular complexity index is 232. The van der Waals surface area contributed by atoms with Gasteiger partial charge in [0.05, 0.1) is 0 Å². The van der Waals surface area contributed by atoms with E-state index in [0.29, 0.717) is 0 Å². The molecule has 0 fully saturated rings. The Hall–Kier alpha value is 0.0539. The fraction of sp³-hybridized carbons (Fsp3) is 0.375. The van der Waals surface area contributed by atoms with Crippen LogP contribution < -0.4 is 5.56 Å². The van der Waals surface area contributed by atoms with E-state index in [4.69, 9.17) is 0 Å². The molecule has 0 spiro atoms. The molecule has 0 amide bonds. The van der Waals surface area contributed by atoms with E-state index in [1.54, 1.807) is 0 Å². The monoisotopic (exact) mass is 227 g/mol. The van der Waals surface area contributed by atoms with Crippen LogP contribution in [0.15, 0.2) is 17.1 Å². The quantitative estimate of drug-likeness (QED) is 0.669. The van der Waals surface area contributed by atoms with Gasteiger partial charge in [0, 0.05) is 32.7 Å². The summed E-state index contributed by atoms with van der Waals surface area (Å²) in [5, 5.41) is 0. The molecule has 1 heterocycles. The third-order valence-electron chi connectivity index (χ3n) is 0.862. The molecular formula is C8H12NOY-. The van der Waals surface area contributed by atoms with Gasteiger partial charge < -0.3 is 4.98 Å². The van der Waals surface area contributed by atoms with Gasteiger partial charge in [-0.3, -0.25) is 4.79 Å². The van der Waals surface area contributed by atoms with Crippen LogP contribution in [0.25, 0.3) is 0 Å². The summed E-state index contributed by atoms with van der Waals surface area (Å²) in [6.45, 7) is 5.83. The maximum atomic E-state index is 10.4. The Balaban J connectivity index is 0. The van der Waals surface area contributed by atoms with E-state index in [1.807, 2.05) is 20.8 Å². The number of aryl methyl sites for hydroxylation is 1. The first-order chi connectivity index (χ1) is 4.79. The van der Waals surface area contributed by atoms with Gasteiger partial charge in [-0.05, 0) is 0 Å². The van der Waals surface area contributed by atoms with Gasteiger partial charge in [0.1, 0.15) is 0 Å². The number of aromatic nitrogens is 1.